The number of carboxylic acids is 1. The van der Waals surface area contributed by atoms with Crippen molar-refractivity contribution in [3.05, 3.63) is 40.7 Å². The van der Waals surface area contributed by atoms with E-state index in [1.165, 1.54) is 23.5 Å². The minimum Gasteiger partial charge on any atom is -0.478 e. The standard InChI is InChI=1S/C12H10FN3O3S/c1-6-5-14-12(20-6)16-11(19)15-8-4-2-3-7(13)9(8)10(17)18/h2-5H,1H3,(H,17,18)(H2,14,15,16,19). The van der Waals surface area contributed by atoms with E-state index in [-0.39, 0.29) is 5.69 Å². The van der Waals surface area contributed by atoms with Gasteiger partial charge >= 0.3 is 12.0 Å². The van der Waals surface area contributed by atoms with Gasteiger partial charge in [-0.3, -0.25) is 5.32 Å². The molecule has 0 bridgehead atoms. The van der Waals surface area contributed by atoms with Crippen molar-refractivity contribution in [3.8, 4) is 0 Å². The average Bonchev–Trinajstić information content (AvgIpc) is 2.74. The molecule has 2 amide bonds. The van der Waals surface area contributed by atoms with Crippen LogP contribution in [0.1, 0.15) is 15.2 Å². The van der Waals surface area contributed by atoms with Crippen LogP contribution < -0.4 is 10.6 Å². The summed E-state index contributed by atoms with van der Waals surface area (Å²) in [5, 5.41) is 14.0. The van der Waals surface area contributed by atoms with Crippen molar-refractivity contribution >= 4 is 34.2 Å². The summed E-state index contributed by atoms with van der Waals surface area (Å²) in [6.07, 6.45) is 1.59. The summed E-state index contributed by atoms with van der Waals surface area (Å²) < 4.78 is 13.4. The van der Waals surface area contributed by atoms with Crippen molar-refractivity contribution in [2.45, 2.75) is 6.92 Å². The first-order valence-electron chi connectivity index (χ1n) is 5.49. The number of carboxylic acid groups (broad SMARTS) is 1. The zero-order valence-electron chi connectivity index (χ0n) is 10.3. The molecule has 0 unspecified atom stereocenters. The van der Waals surface area contributed by atoms with Crippen molar-refractivity contribution in [1.29, 1.82) is 0 Å². The summed E-state index contributed by atoms with van der Waals surface area (Å²) in [4.78, 5) is 27.5. The summed E-state index contributed by atoms with van der Waals surface area (Å²) in [6, 6.07) is 2.94. The van der Waals surface area contributed by atoms with Crippen molar-refractivity contribution in [2.75, 3.05) is 10.6 Å². The molecule has 0 fully saturated rings. The highest BCUT2D eigenvalue weighted by molar-refractivity contribution is 7.15. The summed E-state index contributed by atoms with van der Waals surface area (Å²) >= 11 is 1.27. The Morgan fingerprint density at radius 3 is 2.70 bits per heavy atom. The fraction of sp³-hybridized carbons (Fsp3) is 0.0833. The molecular weight excluding hydrogens is 285 g/mol. The van der Waals surface area contributed by atoms with E-state index in [0.717, 1.165) is 10.9 Å². The second kappa shape index (κ2) is 5.66. The summed E-state index contributed by atoms with van der Waals surface area (Å²) in [6.45, 7) is 1.83. The predicted octanol–water partition coefficient (Wildman–Crippen LogP) is 2.93. The van der Waals surface area contributed by atoms with Crippen molar-refractivity contribution < 1.29 is 19.1 Å². The van der Waals surface area contributed by atoms with Crippen LogP contribution in [0, 0.1) is 12.7 Å². The highest BCUT2D eigenvalue weighted by Crippen LogP contribution is 2.20. The molecule has 8 heteroatoms. The molecule has 2 rings (SSSR count). The van der Waals surface area contributed by atoms with Gasteiger partial charge in [0, 0.05) is 11.1 Å². The second-order valence-corrected chi connectivity index (χ2v) is 5.06. The number of halogens is 1. The van der Waals surface area contributed by atoms with E-state index in [2.05, 4.69) is 15.6 Å². The zero-order chi connectivity index (χ0) is 14.7. The Kier molecular flexibility index (Phi) is 3.94. The number of thiazole rings is 1. The molecule has 2 aromatic rings. The van der Waals surface area contributed by atoms with Crippen LogP contribution in [0.5, 0.6) is 0 Å². The summed E-state index contributed by atoms with van der Waals surface area (Å²) in [5.41, 5.74) is -0.707. The number of benzene rings is 1. The maximum Gasteiger partial charge on any atom is 0.340 e. The highest BCUT2D eigenvalue weighted by Gasteiger charge is 2.17. The molecule has 20 heavy (non-hydrogen) atoms. The van der Waals surface area contributed by atoms with Crippen LogP contribution in [0.3, 0.4) is 0 Å². The van der Waals surface area contributed by atoms with Gasteiger partial charge in [0.25, 0.3) is 0 Å². The van der Waals surface area contributed by atoms with E-state index in [9.17, 15) is 14.0 Å². The Morgan fingerprint density at radius 1 is 1.35 bits per heavy atom. The Labute approximate surface area is 117 Å². The maximum absolute atomic E-state index is 13.4. The van der Waals surface area contributed by atoms with E-state index < -0.39 is 23.4 Å². The Hall–Kier alpha value is -2.48. The van der Waals surface area contributed by atoms with Crippen LogP contribution >= 0.6 is 11.3 Å². The smallest absolute Gasteiger partial charge is 0.340 e. The second-order valence-electron chi connectivity index (χ2n) is 3.82. The minimum atomic E-state index is -1.46. The van der Waals surface area contributed by atoms with E-state index in [4.69, 9.17) is 5.11 Å². The lowest BCUT2D eigenvalue weighted by Gasteiger charge is -2.08. The monoisotopic (exact) mass is 295 g/mol. The van der Waals surface area contributed by atoms with E-state index in [0.29, 0.717) is 5.13 Å². The average molecular weight is 295 g/mol. The molecule has 0 spiro atoms. The lowest BCUT2D eigenvalue weighted by atomic mass is 10.1. The Morgan fingerprint density at radius 2 is 2.10 bits per heavy atom. The van der Waals surface area contributed by atoms with Crippen LogP contribution in [-0.4, -0.2) is 22.1 Å². The third-order valence-corrected chi connectivity index (χ3v) is 3.15. The number of amides is 2. The number of nitrogens with one attached hydrogen (secondary N) is 2. The quantitative estimate of drug-likeness (QED) is 0.812. The molecule has 0 atom stereocenters. The number of urea groups is 1. The van der Waals surface area contributed by atoms with Crippen LogP contribution in [0.15, 0.2) is 24.4 Å². The number of hydrogen-bond acceptors (Lipinski definition) is 4. The van der Waals surface area contributed by atoms with Gasteiger partial charge in [-0.25, -0.2) is 19.0 Å². The molecule has 104 valence electrons. The number of anilines is 2. The van der Waals surface area contributed by atoms with Crippen LogP contribution in [0.2, 0.25) is 0 Å². The van der Waals surface area contributed by atoms with Crippen LogP contribution in [0.4, 0.5) is 20.0 Å². The lowest BCUT2D eigenvalue weighted by Crippen LogP contribution is -2.21. The first kappa shape index (κ1) is 13.9. The number of nitrogens with zero attached hydrogens (tertiary/aromatic N) is 1. The van der Waals surface area contributed by atoms with E-state index in [1.807, 2.05) is 6.92 Å². The maximum atomic E-state index is 13.4. The number of carbonyl (C=O) groups is 2. The first-order valence-corrected chi connectivity index (χ1v) is 6.31. The van der Waals surface area contributed by atoms with Gasteiger partial charge in [0.2, 0.25) is 0 Å². The van der Waals surface area contributed by atoms with Gasteiger partial charge in [-0.15, -0.1) is 11.3 Å². The van der Waals surface area contributed by atoms with Crippen LogP contribution in [0.25, 0.3) is 0 Å². The van der Waals surface area contributed by atoms with Crippen molar-refractivity contribution in [2.24, 2.45) is 0 Å². The van der Waals surface area contributed by atoms with Crippen molar-refractivity contribution in [3.63, 3.8) is 0 Å². The normalized spacial score (nSPS) is 10.1. The first-order chi connectivity index (χ1) is 9.47. The zero-order valence-corrected chi connectivity index (χ0v) is 11.1. The largest absolute Gasteiger partial charge is 0.478 e. The van der Waals surface area contributed by atoms with E-state index in [1.54, 1.807) is 6.20 Å². The number of hydrogen-bond donors (Lipinski definition) is 3. The molecule has 1 aromatic carbocycles. The molecule has 0 aliphatic rings. The molecule has 0 aliphatic carbocycles. The Balaban J connectivity index is 2.16. The van der Waals surface area contributed by atoms with Gasteiger partial charge in [0.15, 0.2) is 5.13 Å². The Bertz CT molecular complexity index is 672. The molecule has 0 radical (unpaired) electrons. The number of aryl methyl sites for hydroxylation is 1. The third-order valence-electron chi connectivity index (χ3n) is 2.32. The SMILES string of the molecule is Cc1cnc(NC(=O)Nc2cccc(F)c2C(=O)O)s1. The molecule has 1 heterocycles. The number of aromatic nitrogens is 1. The summed E-state index contributed by atoms with van der Waals surface area (Å²) in [7, 11) is 0. The molecular formula is C12H10FN3O3S. The lowest BCUT2D eigenvalue weighted by molar-refractivity contribution is 0.0693. The fourth-order valence-electron chi connectivity index (χ4n) is 1.51. The van der Waals surface area contributed by atoms with Gasteiger partial charge in [0.1, 0.15) is 11.4 Å². The fourth-order valence-corrected chi connectivity index (χ4v) is 2.17. The molecule has 6 nitrogen and oxygen atoms in total. The van der Waals surface area contributed by atoms with Crippen LogP contribution in [-0.2, 0) is 0 Å². The van der Waals surface area contributed by atoms with Gasteiger partial charge in [-0.2, -0.15) is 0 Å². The van der Waals surface area contributed by atoms with Crippen molar-refractivity contribution in [1.82, 2.24) is 4.98 Å². The highest BCUT2D eigenvalue weighted by atomic mass is 32.1. The molecule has 0 saturated carbocycles. The number of rotatable bonds is 3. The predicted molar refractivity (Wildman–Crippen MR) is 72.9 cm³/mol. The van der Waals surface area contributed by atoms with Gasteiger partial charge < -0.3 is 10.4 Å². The number of aromatic carboxylic acids is 1. The summed E-state index contributed by atoms with van der Waals surface area (Å²) in [5.74, 6) is -2.37. The number of carbonyl (C=O) groups excluding carboxylic acids is 1. The molecule has 0 aliphatic heterocycles. The minimum absolute atomic E-state index is 0.122. The molecule has 1 aromatic heterocycles. The molecule has 0 saturated heterocycles. The van der Waals surface area contributed by atoms with Gasteiger partial charge in [-0.05, 0) is 19.1 Å². The van der Waals surface area contributed by atoms with Gasteiger partial charge in [-0.1, -0.05) is 6.07 Å². The molecule has 3 N–H and O–H groups in total. The third kappa shape index (κ3) is 3.09. The van der Waals surface area contributed by atoms with E-state index >= 15 is 0 Å². The topological polar surface area (TPSA) is 91.3 Å². The van der Waals surface area contributed by atoms with Gasteiger partial charge in [0.05, 0.1) is 5.69 Å².